The highest BCUT2D eigenvalue weighted by Crippen LogP contribution is 2.43. The Bertz CT molecular complexity index is 408. The fourth-order valence-electron chi connectivity index (χ4n) is 8.35. The van der Waals surface area contributed by atoms with E-state index in [4.69, 9.17) is 0 Å². The van der Waals surface area contributed by atoms with Crippen molar-refractivity contribution in [2.45, 2.75) is 198 Å². The first-order valence-corrected chi connectivity index (χ1v) is 16.2. The van der Waals surface area contributed by atoms with Crippen LogP contribution in [0.5, 0.6) is 0 Å². The molecule has 0 heterocycles. The maximum Gasteiger partial charge on any atom is 0.0894 e. The molecule has 0 radical (unpaired) electrons. The molecule has 0 aromatic heterocycles. The summed E-state index contributed by atoms with van der Waals surface area (Å²) in [6, 6.07) is 3.08. The molecule has 0 atom stereocenters. The van der Waals surface area contributed by atoms with Gasteiger partial charge in [-0.25, -0.2) is 0 Å². The van der Waals surface area contributed by atoms with E-state index in [9.17, 15) is 0 Å². The second-order valence-electron chi connectivity index (χ2n) is 12.5. The van der Waals surface area contributed by atoms with E-state index < -0.39 is 0 Å². The van der Waals surface area contributed by atoms with Crippen molar-refractivity contribution < 1.29 is 4.48 Å². The molecule has 33 heavy (non-hydrogen) atoms. The number of hydrogen-bond donors (Lipinski definition) is 0. The number of rotatable bonds is 16. The molecule has 1 heteroatoms. The highest BCUT2D eigenvalue weighted by atomic mass is 15.4. The van der Waals surface area contributed by atoms with Crippen LogP contribution in [0.1, 0.15) is 180 Å². The first-order chi connectivity index (χ1) is 16.4. The molecule has 0 unspecified atom stereocenters. The van der Waals surface area contributed by atoms with Gasteiger partial charge in [0, 0.05) is 0 Å². The average Bonchev–Trinajstić information content (AvgIpc) is 2.89. The van der Waals surface area contributed by atoms with Crippen LogP contribution < -0.4 is 0 Å². The molecular formula is C32H62N+. The van der Waals surface area contributed by atoms with Crippen molar-refractivity contribution in [3.8, 4) is 0 Å². The summed E-state index contributed by atoms with van der Waals surface area (Å²) in [7, 11) is 0. The molecule has 0 spiro atoms. The van der Waals surface area contributed by atoms with Crippen LogP contribution in [0.3, 0.4) is 0 Å². The summed E-state index contributed by atoms with van der Waals surface area (Å²) in [5.74, 6) is 0. The van der Waals surface area contributed by atoms with Gasteiger partial charge in [-0.3, -0.25) is 0 Å². The minimum Gasteiger partial charge on any atom is -0.316 e. The molecule has 1 nitrogen and oxygen atoms in total. The standard InChI is InChI=1S/C32H62N/c1-2-3-4-5-6-7-8-9-10-11-12-22-29-33(30-23-16-13-17-24-30,31-25-18-14-19-26-31)32-27-20-15-21-28-32/h30-32H,2-29H2,1H3/q+1. The van der Waals surface area contributed by atoms with Crippen molar-refractivity contribution in [3.63, 3.8) is 0 Å². The summed E-state index contributed by atoms with van der Waals surface area (Å²) in [6.07, 6.45) is 40.9. The zero-order valence-electron chi connectivity index (χ0n) is 23.0. The fourth-order valence-corrected chi connectivity index (χ4v) is 8.35. The van der Waals surface area contributed by atoms with Gasteiger partial charge in [-0.2, -0.15) is 0 Å². The first kappa shape index (κ1) is 27.5. The molecule has 3 aliphatic carbocycles. The second-order valence-corrected chi connectivity index (χ2v) is 12.5. The van der Waals surface area contributed by atoms with E-state index in [0.717, 1.165) is 18.1 Å². The van der Waals surface area contributed by atoms with E-state index in [0.29, 0.717) is 0 Å². The third-order valence-corrected chi connectivity index (χ3v) is 10.2. The minimum absolute atomic E-state index is 1.03. The van der Waals surface area contributed by atoms with Gasteiger partial charge in [0.2, 0.25) is 0 Å². The second kappa shape index (κ2) is 16.6. The lowest BCUT2D eigenvalue weighted by atomic mass is 9.80. The number of quaternary nitrogens is 1. The molecule has 0 aromatic rings. The smallest absolute Gasteiger partial charge is 0.0894 e. The van der Waals surface area contributed by atoms with Crippen molar-refractivity contribution >= 4 is 0 Å². The molecular weight excluding hydrogens is 398 g/mol. The van der Waals surface area contributed by atoms with E-state index in [-0.39, 0.29) is 0 Å². The fraction of sp³-hybridized carbons (Fsp3) is 1.00. The van der Waals surface area contributed by atoms with Crippen molar-refractivity contribution in [3.05, 3.63) is 0 Å². The molecule has 0 N–H and O–H groups in total. The number of nitrogens with zero attached hydrogens (tertiary/aromatic N) is 1. The quantitative estimate of drug-likeness (QED) is 0.159. The van der Waals surface area contributed by atoms with Crippen molar-refractivity contribution in [2.75, 3.05) is 6.54 Å². The minimum atomic E-state index is 1.03. The van der Waals surface area contributed by atoms with Gasteiger partial charge >= 0.3 is 0 Å². The molecule has 3 fully saturated rings. The van der Waals surface area contributed by atoms with Gasteiger partial charge in [0.05, 0.1) is 24.7 Å². The van der Waals surface area contributed by atoms with Crippen LogP contribution in [-0.2, 0) is 0 Å². The summed E-state index contributed by atoms with van der Waals surface area (Å²) in [4.78, 5) is 0. The molecule has 194 valence electrons. The molecule has 3 aliphatic rings. The molecule has 3 rings (SSSR count). The SMILES string of the molecule is CCCCCCCCCCCCCC[N+](C1CCCCC1)(C1CCCCC1)C1CCCCC1. The first-order valence-electron chi connectivity index (χ1n) is 16.2. The van der Waals surface area contributed by atoms with Gasteiger partial charge in [0.15, 0.2) is 0 Å². The van der Waals surface area contributed by atoms with Crippen LogP contribution in [0, 0.1) is 0 Å². The summed E-state index contributed by atoms with van der Waals surface area (Å²) in [5.41, 5.74) is 0. The number of hydrogen-bond acceptors (Lipinski definition) is 0. The van der Waals surface area contributed by atoms with E-state index in [1.54, 1.807) is 49.6 Å². The Balaban J connectivity index is 1.47. The van der Waals surface area contributed by atoms with Crippen LogP contribution in [0.25, 0.3) is 0 Å². The van der Waals surface area contributed by atoms with E-state index >= 15 is 0 Å². The summed E-state index contributed by atoms with van der Waals surface area (Å²) in [5, 5.41) is 0. The maximum absolute atomic E-state index is 2.32. The van der Waals surface area contributed by atoms with Gasteiger partial charge in [0.25, 0.3) is 0 Å². The Morgan fingerprint density at radius 3 is 1.03 bits per heavy atom. The topological polar surface area (TPSA) is 0 Å². The van der Waals surface area contributed by atoms with E-state index in [1.807, 2.05) is 0 Å². The normalized spacial score (nSPS) is 22.1. The summed E-state index contributed by atoms with van der Waals surface area (Å²) >= 11 is 0. The van der Waals surface area contributed by atoms with Crippen molar-refractivity contribution in [1.82, 2.24) is 0 Å². The predicted molar refractivity (Wildman–Crippen MR) is 147 cm³/mol. The molecule has 0 amide bonds. The molecule has 0 aliphatic heterocycles. The van der Waals surface area contributed by atoms with Crippen LogP contribution >= 0.6 is 0 Å². The molecule has 0 bridgehead atoms. The number of unbranched alkanes of at least 4 members (excludes halogenated alkanes) is 11. The lowest BCUT2D eigenvalue weighted by Gasteiger charge is -2.58. The Kier molecular flexibility index (Phi) is 13.9. The third kappa shape index (κ3) is 8.84. The van der Waals surface area contributed by atoms with Crippen LogP contribution in [0.15, 0.2) is 0 Å². The van der Waals surface area contributed by atoms with E-state index in [1.165, 1.54) is 135 Å². The molecule has 3 saturated carbocycles. The van der Waals surface area contributed by atoms with Crippen LogP contribution in [0.2, 0.25) is 0 Å². The summed E-state index contributed by atoms with van der Waals surface area (Å²) < 4.78 is 1.62. The van der Waals surface area contributed by atoms with Crippen LogP contribution in [-0.4, -0.2) is 29.2 Å². The zero-order valence-corrected chi connectivity index (χ0v) is 23.0. The van der Waals surface area contributed by atoms with E-state index in [2.05, 4.69) is 6.92 Å². The Hall–Kier alpha value is -0.0400. The van der Waals surface area contributed by atoms with Gasteiger partial charge in [-0.15, -0.1) is 0 Å². The van der Waals surface area contributed by atoms with Crippen molar-refractivity contribution in [1.29, 1.82) is 0 Å². The van der Waals surface area contributed by atoms with Crippen molar-refractivity contribution in [2.24, 2.45) is 0 Å². The zero-order chi connectivity index (χ0) is 23.0. The van der Waals surface area contributed by atoms with Gasteiger partial charge < -0.3 is 4.48 Å². The van der Waals surface area contributed by atoms with Gasteiger partial charge in [0.1, 0.15) is 0 Å². The third-order valence-electron chi connectivity index (χ3n) is 10.2. The lowest BCUT2D eigenvalue weighted by Crippen LogP contribution is -2.68. The molecule has 0 aromatic carbocycles. The molecule has 0 saturated heterocycles. The highest BCUT2D eigenvalue weighted by molar-refractivity contribution is 4.80. The maximum atomic E-state index is 2.32. The largest absolute Gasteiger partial charge is 0.316 e. The van der Waals surface area contributed by atoms with Gasteiger partial charge in [-0.1, -0.05) is 90.4 Å². The van der Waals surface area contributed by atoms with Crippen LogP contribution in [0.4, 0.5) is 0 Å². The lowest BCUT2D eigenvalue weighted by molar-refractivity contribution is -0.998. The Morgan fingerprint density at radius 1 is 0.394 bits per heavy atom. The monoisotopic (exact) mass is 460 g/mol. The highest BCUT2D eigenvalue weighted by Gasteiger charge is 2.49. The Morgan fingerprint density at radius 2 is 0.697 bits per heavy atom. The average molecular weight is 461 g/mol. The van der Waals surface area contributed by atoms with Gasteiger partial charge in [-0.05, 0) is 89.9 Å². The summed E-state index contributed by atoms with van der Waals surface area (Å²) in [6.45, 7) is 3.87. The Labute approximate surface area is 209 Å². The predicted octanol–water partition coefficient (Wildman–Crippen LogP) is 10.5.